The lowest BCUT2D eigenvalue weighted by molar-refractivity contribution is 0.0346. The van der Waals surface area contributed by atoms with Crippen LogP contribution in [0.2, 0.25) is 0 Å². The summed E-state index contributed by atoms with van der Waals surface area (Å²) in [6.07, 6.45) is 4.51. The lowest BCUT2D eigenvalue weighted by Crippen LogP contribution is -2.41. The summed E-state index contributed by atoms with van der Waals surface area (Å²) in [5.41, 5.74) is 0.769. The van der Waals surface area contributed by atoms with Gasteiger partial charge >= 0.3 is 0 Å². The normalized spacial score (nSPS) is 33.0. The van der Waals surface area contributed by atoms with E-state index >= 15 is 0 Å². The molecular weight excluding hydrogens is 198 g/mol. The molecule has 2 fully saturated rings. The molecule has 1 heterocycles. The van der Waals surface area contributed by atoms with Crippen LogP contribution in [0.4, 0.5) is 0 Å². The maximum atomic E-state index is 2.62. The molecule has 1 saturated carbocycles. The zero-order valence-electron chi connectivity index (χ0n) is 11.8. The van der Waals surface area contributed by atoms with Gasteiger partial charge in [0.05, 0.1) is 0 Å². The van der Waals surface area contributed by atoms with Crippen LogP contribution in [0.3, 0.4) is 0 Å². The van der Waals surface area contributed by atoms with Gasteiger partial charge in [0.1, 0.15) is 0 Å². The van der Waals surface area contributed by atoms with Crippen LogP contribution in [0.5, 0.6) is 0 Å². The molecule has 0 bridgehead atoms. The summed E-state index contributed by atoms with van der Waals surface area (Å²) in [6, 6.07) is 0. The molecular formula is C14H31NO. The van der Waals surface area contributed by atoms with Gasteiger partial charge in [-0.2, -0.15) is 0 Å². The molecule has 98 valence electrons. The Morgan fingerprint density at radius 1 is 1.25 bits per heavy atom. The molecule has 2 N–H and O–H groups in total. The first-order chi connectivity index (χ1) is 7.15. The molecule has 1 aliphatic carbocycles. The molecule has 2 heteroatoms. The predicted molar refractivity (Wildman–Crippen MR) is 71.7 cm³/mol. The fourth-order valence-corrected chi connectivity index (χ4v) is 3.15. The molecule has 0 aromatic carbocycles. The molecule has 2 nitrogen and oxygen atoms in total. The molecule has 1 saturated heterocycles. The Bertz CT molecular complexity index is 185. The van der Waals surface area contributed by atoms with Crippen LogP contribution >= 0.6 is 0 Å². The molecule has 0 unspecified atom stereocenters. The summed E-state index contributed by atoms with van der Waals surface area (Å²) in [6.45, 7) is 15.1. The third kappa shape index (κ3) is 3.21. The van der Waals surface area contributed by atoms with Crippen molar-refractivity contribution in [3.8, 4) is 0 Å². The summed E-state index contributed by atoms with van der Waals surface area (Å²) < 4.78 is 0. The topological polar surface area (TPSA) is 34.7 Å². The minimum atomic E-state index is 0. The lowest BCUT2D eigenvalue weighted by atomic mass is 9.58. The average Bonchev–Trinajstić information content (AvgIpc) is 2.62. The fraction of sp³-hybridized carbons (Fsp3) is 1.00. The van der Waals surface area contributed by atoms with E-state index in [0.29, 0.717) is 0 Å². The first-order valence-corrected chi connectivity index (χ1v) is 6.87. The minimum absolute atomic E-state index is 0. The number of nitrogens with zero attached hydrogens (tertiary/aromatic N) is 1. The Morgan fingerprint density at radius 2 is 1.81 bits per heavy atom. The summed E-state index contributed by atoms with van der Waals surface area (Å²) in [7, 11) is 0. The zero-order valence-corrected chi connectivity index (χ0v) is 11.8. The third-order valence-electron chi connectivity index (χ3n) is 4.30. The molecule has 0 aromatic rings. The number of hydrogen-bond acceptors (Lipinski definition) is 1. The Kier molecular flexibility index (Phi) is 6.57. The van der Waals surface area contributed by atoms with Gasteiger partial charge in [-0.1, -0.05) is 34.6 Å². The second kappa shape index (κ2) is 6.61. The Morgan fingerprint density at radius 3 is 2.19 bits per heavy atom. The predicted octanol–water partition coefficient (Wildman–Crippen LogP) is 2.97. The molecule has 0 atom stereocenters. The number of hydrogen-bond donors (Lipinski definition) is 0. The highest BCUT2D eigenvalue weighted by molar-refractivity contribution is 5.00. The van der Waals surface area contributed by atoms with Gasteiger partial charge in [-0.05, 0) is 49.6 Å². The van der Waals surface area contributed by atoms with E-state index in [9.17, 15) is 0 Å². The SMILES string of the molecule is CC.CCN1CCC2(CC(C(C)C)C2)C1.O. The van der Waals surface area contributed by atoms with Gasteiger partial charge in [0.2, 0.25) is 0 Å². The monoisotopic (exact) mass is 229 g/mol. The number of likely N-dealkylation sites (tertiary alicyclic amines) is 1. The smallest absolute Gasteiger partial charge is 0.00385 e. The maximum absolute atomic E-state index is 2.62. The molecule has 1 spiro atoms. The maximum Gasteiger partial charge on any atom is 0.00385 e. The molecule has 0 amide bonds. The molecule has 0 radical (unpaired) electrons. The molecule has 2 aliphatic rings. The van der Waals surface area contributed by atoms with Crippen LogP contribution in [0.1, 0.15) is 53.9 Å². The van der Waals surface area contributed by atoms with Crippen molar-refractivity contribution in [2.45, 2.75) is 53.9 Å². The van der Waals surface area contributed by atoms with Gasteiger partial charge < -0.3 is 10.4 Å². The van der Waals surface area contributed by atoms with E-state index in [2.05, 4.69) is 25.7 Å². The van der Waals surface area contributed by atoms with Crippen LogP contribution in [0.15, 0.2) is 0 Å². The van der Waals surface area contributed by atoms with Crippen molar-refractivity contribution >= 4 is 0 Å². The average molecular weight is 229 g/mol. The van der Waals surface area contributed by atoms with Crippen molar-refractivity contribution in [1.29, 1.82) is 0 Å². The van der Waals surface area contributed by atoms with E-state index in [0.717, 1.165) is 17.3 Å². The summed E-state index contributed by atoms with van der Waals surface area (Å²) in [5.74, 6) is 1.96. The van der Waals surface area contributed by atoms with E-state index < -0.39 is 0 Å². The Labute approximate surface area is 102 Å². The van der Waals surface area contributed by atoms with Crippen LogP contribution in [0.25, 0.3) is 0 Å². The molecule has 2 rings (SSSR count). The Hall–Kier alpha value is -0.0800. The third-order valence-corrected chi connectivity index (χ3v) is 4.30. The zero-order chi connectivity index (χ0) is 11.5. The van der Waals surface area contributed by atoms with E-state index in [-0.39, 0.29) is 5.48 Å². The van der Waals surface area contributed by atoms with Gasteiger partial charge in [-0.3, -0.25) is 0 Å². The van der Waals surface area contributed by atoms with Gasteiger partial charge in [0.25, 0.3) is 0 Å². The van der Waals surface area contributed by atoms with Crippen LogP contribution in [0, 0.1) is 17.3 Å². The van der Waals surface area contributed by atoms with Crippen LogP contribution in [-0.4, -0.2) is 30.0 Å². The molecule has 1 aliphatic heterocycles. The van der Waals surface area contributed by atoms with Crippen LogP contribution < -0.4 is 0 Å². The second-order valence-corrected chi connectivity index (χ2v) is 5.53. The van der Waals surface area contributed by atoms with Gasteiger partial charge in [0.15, 0.2) is 0 Å². The summed E-state index contributed by atoms with van der Waals surface area (Å²) in [5, 5.41) is 0. The highest BCUT2D eigenvalue weighted by Crippen LogP contribution is 2.53. The summed E-state index contributed by atoms with van der Waals surface area (Å²) >= 11 is 0. The van der Waals surface area contributed by atoms with Crippen molar-refractivity contribution in [3.63, 3.8) is 0 Å². The molecule has 0 aromatic heterocycles. The van der Waals surface area contributed by atoms with Crippen molar-refractivity contribution < 1.29 is 5.48 Å². The van der Waals surface area contributed by atoms with E-state index in [4.69, 9.17) is 0 Å². The van der Waals surface area contributed by atoms with E-state index in [1.807, 2.05) is 13.8 Å². The van der Waals surface area contributed by atoms with Gasteiger partial charge in [-0.15, -0.1) is 0 Å². The minimum Gasteiger partial charge on any atom is -0.412 e. The highest BCUT2D eigenvalue weighted by atomic mass is 16.0. The second-order valence-electron chi connectivity index (χ2n) is 5.53. The van der Waals surface area contributed by atoms with Crippen molar-refractivity contribution in [3.05, 3.63) is 0 Å². The fourth-order valence-electron chi connectivity index (χ4n) is 3.15. The first kappa shape index (κ1) is 15.9. The van der Waals surface area contributed by atoms with Crippen molar-refractivity contribution in [1.82, 2.24) is 4.90 Å². The van der Waals surface area contributed by atoms with Gasteiger partial charge in [-0.25, -0.2) is 0 Å². The molecule has 16 heavy (non-hydrogen) atoms. The van der Waals surface area contributed by atoms with E-state index in [1.54, 1.807) is 0 Å². The van der Waals surface area contributed by atoms with E-state index in [1.165, 1.54) is 38.9 Å². The standard InChI is InChI=1S/C12H23N.C2H6.H2O/c1-4-13-6-5-12(9-13)7-11(8-12)10(2)3;1-2;/h10-11H,4-9H2,1-3H3;1-2H3;1H2. The van der Waals surface area contributed by atoms with Crippen molar-refractivity contribution in [2.75, 3.05) is 19.6 Å². The lowest BCUT2D eigenvalue weighted by Gasteiger charge is -2.47. The Balaban J connectivity index is 0.000000711. The van der Waals surface area contributed by atoms with Gasteiger partial charge in [0, 0.05) is 6.54 Å². The quantitative estimate of drug-likeness (QED) is 0.717. The van der Waals surface area contributed by atoms with Crippen LogP contribution in [-0.2, 0) is 0 Å². The summed E-state index contributed by atoms with van der Waals surface area (Å²) in [4.78, 5) is 2.62. The highest BCUT2D eigenvalue weighted by Gasteiger charge is 2.48. The number of rotatable bonds is 2. The largest absolute Gasteiger partial charge is 0.412 e. The first-order valence-electron chi connectivity index (χ1n) is 6.87. The van der Waals surface area contributed by atoms with Crippen molar-refractivity contribution in [2.24, 2.45) is 17.3 Å².